The van der Waals surface area contributed by atoms with Gasteiger partial charge in [-0.15, -0.1) is 0 Å². The minimum atomic E-state index is -0.232. The Morgan fingerprint density at radius 3 is 2.59 bits per heavy atom. The molecule has 1 aromatic rings. The van der Waals surface area contributed by atoms with E-state index >= 15 is 0 Å². The molecule has 1 aromatic carbocycles. The summed E-state index contributed by atoms with van der Waals surface area (Å²) in [5.41, 5.74) is 0.687. The molecule has 2 rings (SSSR count). The van der Waals surface area contributed by atoms with Crippen LogP contribution in [0.5, 0.6) is 0 Å². The maximum Gasteiger partial charge on any atom is 0.220 e. The third kappa shape index (κ3) is 4.54. The molecule has 0 aliphatic carbocycles. The summed E-state index contributed by atoms with van der Waals surface area (Å²) in [5, 5.41) is 3.05. The van der Waals surface area contributed by atoms with Crippen molar-refractivity contribution in [1.82, 2.24) is 5.32 Å². The van der Waals surface area contributed by atoms with Crippen LogP contribution in [0.2, 0.25) is 0 Å². The SMILES string of the molecule is CC(C)(C)CC(=O)NCC1(c2cccc(F)c2)CCOCC1. The molecule has 0 aromatic heterocycles. The van der Waals surface area contributed by atoms with Gasteiger partial charge in [0, 0.05) is 31.6 Å². The van der Waals surface area contributed by atoms with Crippen molar-refractivity contribution in [3.05, 3.63) is 35.6 Å². The molecule has 0 atom stereocenters. The first-order valence-electron chi connectivity index (χ1n) is 7.91. The molecular formula is C18H26FNO2. The predicted octanol–water partition coefficient (Wildman–Crippen LogP) is 3.43. The molecule has 0 spiro atoms. The highest BCUT2D eigenvalue weighted by molar-refractivity contribution is 5.76. The number of nitrogens with one attached hydrogen (secondary N) is 1. The first-order chi connectivity index (χ1) is 10.3. The Morgan fingerprint density at radius 2 is 2.00 bits per heavy atom. The number of carbonyl (C=O) groups is 1. The summed E-state index contributed by atoms with van der Waals surface area (Å²) >= 11 is 0. The Kier molecular flexibility index (Phi) is 5.22. The lowest BCUT2D eigenvalue weighted by molar-refractivity contribution is -0.123. The third-order valence-electron chi connectivity index (χ3n) is 4.20. The summed E-state index contributed by atoms with van der Waals surface area (Å²) in [6.07, 6.45) is 2.08. The Bertz CT molecular complexity index is 516. The largest absolute Gasteiger partial charge is 0.381 e. The molecule has 122 valence electrons. The zero-order chi connectivity index (χ0) is 16.2. The summed E-state index contributed by atoms with van der Waals surface area (Å²) in [4.78, 5) is 12.1. The van der Waals surface area contributed by atoms with Gasteiger partial charge in [-0.2, -0.15) is 0 Å². The van der Waals surface area contributed by atoms with Gasteiger partial charge in [0.15, 0.2) is 0 Å². The average Bonchev–Trinajstić information content (AvgIpc) is 2.44. The summed E-state index contributed by atoms with van der Waals surface area (Å²) < 4.78 is 19.1. The van der Waals surface area contributed by atoms with Gasteiger partial charge in [0.2, 0.25) is 5.91 Å². The van der Waals surface area contributed by atoms with Crippen molar-refractivity contribution in [3.63, 3.8) is 0 Å². The number of halogens is 1. The maximum absolute atomic E-state index is 13.6. The first kappa shape index (κ1) is 16.9. The quantitative estimate of drug-likeness (QED) is 0.925. The second-order valence-corrected chi connectivity index (χ2v) is 7.42. The van der Waals surface area contributed by atoms with E-state index in [1.54, 1.807) is 12.1 Å². The van der Waals surface area contributed by atoms with E-state index < -0.39 is 0 Å². The maximum atomic E-state index is 13.6. The molecule has 1 saturated heterocycles. The van der Waals surface area contributed by atoms with Gasteiger partial charge in [0.25, 0.3) is 0 Å². The average molecular weight is 307 g/mol. The molecule has 1 fully saturated rings. The monoisotopic (exact) mass is 307 g/mol. The minimum absolute atomic E-state index is 0.0359. The fourth-order valence-electron chi connectivity index (χ4n) is 2.96. The van der Waals surface area contributed by atoms with Crippen LogP contribution in [-0.4, -0.2) is 25.7 Å². The van der Waals surface area contributed by atoms with Crippen molar-refractivity contribution < 1.29 is 13.9 Å². The van der Waals surface area contributed by atoms with Crippen LogP contribution < -0.4 is 5.32 Å². The molecule has 1 heterocycles. The summed E-state index contributed by atoms with van der Waals surface area (Å²) in [6.45, 7) is 7.96. The number of ether oxygens (including phenoxy) is 1. The Morgan fingerprint density at radius 1 is 1.32 bits per heavy atom. The summed E-state index contributed by atoms with van der Waals surface area (Å²) in [7, 11) is 0. The van der Waals surface area contributed by atoms with Crippen LogP contribution in [0.25, 0.3) is 0 Å². The van der Waals surface area contributed by atoms with Crippen molar-refractivity contribution >= 4 is 5.91 Å². The van der Waals surface area contributed by atoms with E-state index in [0.29, 0.717) is 26.2 Å². The van der Waals surface area contributed by atoms with Gasteiger partial charge in [0.05, 0.1) is 0 Å². The van der Waals surface area contributed by atoms with Crippen molar-refractivity contribution in [2.75, 3.05) is 19.8 Å². The smallest absolute Gasteiger partial charge is 0.220 e. The normalized spacial score (nSPS) is 18.0. The van der Waals surface area contributed by atoms with E-state index in [4.69, 9.17) is 4.74 Å². The lowest BCUT2D eigenvalue weighted by Gasteiger charge is -2.38. The number of benzene rings is 1. The Labute approximate surface area is 132 Å². The Hall–Kier alpha value is -1.42. The second kappa shape index (κ2) is 6.78. The van der Waals surface area contributed by atoms with Crippen molar-refractivity contribution in [2.24, 2.45) is 5.41 Å². The van der Waals surface area contributed by atoms with E-state index in [2.05, 4.69) is 5.32 Å². The van der Waals surface area contributed by atoms with E-state index in [0.717, 1.165) is 18.4 Å². The molecule has 0 bridgehead atoms. The van der Waals surface area contributed by atoms with Crippen LogP contribution in [0.3, 0.4) is 0 Å². The van der Waals surface area contributed by atoms with Gasteiger partial charge in [-0.3, -0.25) is 4.79 Å². The minimum Gasteiger partial charge on any atom is -0.381 e. The molecule has 1 aliphatic heterocycles. The predicted molar refractivity (Wildman–Crippen MR) is 85.2 cm³/mol. The molecule has 1 N–H and O–H groups in total. The topological polar surface area (TPSA) is 38.3 Å². The third-order valence-corrected chi connectivity index (χ3v) is 4.20. The molecule has 1 aliphatic rings. The fourth-order valence-corrected chi connectivity index (χ4v) is 2.96. The summed E-state index contributed by atoms with van der Waals surface area (Å²) in [6, 6.07) is 6.72. The molecule has 0 unspecified atom stereocenters. The van der Waals surface area contributed by atoms with E-state index in [-0.39, 0.29) is 22.6 Å². The highest BCUT2D eigenvalue weighted by Gasteiger charge is 2.35. The van der Waals surface area contributed by atoms with Gasteiger partial charge in [0.1, 0.15) is 5.82 Å². The van der Waals surface area contributed by atoms with Crippen LogP contribution in [0.1, 0.15) is 45.6 Å². The first-order valence-corrected chi connectivity index (χ1v) is 7.91. The van der Waals surface area contributed by atoms with Crippen LogP contribution in [-0.2, 0) is 14.9 Å². The molecule has 3 nitrogen and oxygen atoms in total. The molecule has 1 amide bonds. The van der Waals surface area contributed by atoms with Crippen molar-refractivity contribution in [3.8, 4) is 0 Å². The van der Waals surface area contributed by atoms with Crippen molar-refractivity contribution in [2.45, 2.75) is 45.4 Å². The highest BCUT2D eigenvalue weighted by atomic mass is 19.1. The van der Waals surface area contributed by atoms with Crippen LogP contribution in [0.4, 0.5) is 4.39 Å². The zero-order valence-corrected chi connectivity index (χ0v) is 13.7. The standard InChI is InChI=1S/C18H26FNO2/c1-17(2,3)12-16(21)20-13-18(7-9-22-10-8-18)14-5-4-6-15(19)11-14/h4-6,11H,7-10,12-13H2,1-3H3,(H,20,21). The van der Waals surface area contributed by atoms with Crippen molar-refractivity contribution in [1.29, 1.82) is 0 Å². The van der Waals surface area contributed by atoms with Crippen LogP contribution in [0, 0.1) is 11.2 Å². The molecule has 0 radical (unpaired) electrons. The van der Waals surface area contributed by atoms with E-state index in [1.807, 2.05) is 26.8 Å². The van der Waals surface area contributed by atoms with E-state index in [9.17, 15) is 9.18 Å². The number of carbonyl (C=O) groups excluding carboxylic acids is 1. The second-order valence-electron chi connectivity index (χ2n) is 7.42. The van der Waals surface area contributed by atoms with Gasteiger partial charge >= 0.3 is 0 Å². The summed E-state index contributed by atoms with van der Waals surface area (Å²) in [5.74, 6) is -0.181. The van der Waals surface area contributed by atoms with Gasteiger partial charge < -0.3 is 10.1 Å². The highest BCUT2D eigenvalue weighted by Crippen LogP contribution is 2.34. The number of amides is 1. The van der Waals surface area contributed by atoms with Gasteiger partial charge in [-0.05, 0) is 36.0 Å². The lowest BCUT2D eigenvalue weighted by atomic mass is 9.74. The molecule has 4 heteroatoms. The lowest BCUT2D eigenvalue weighted by Crippen LogP contribution is -2.45. The van der Waals surface area contributed by atoms with Gasteiger partial charge in [-0.25, -0.2) is 4.39 Å². The zero-order valence-electron chi connectivity index (χ0n) is 13.7. The number of hydrogen-bond donors (Lipinski definition) is 1. The molecule has 0 saturated carbocycles. The van der Waals surface area contributed by atoms with Crippen LogP contribution in [0.15, 0.2) is 24.3 Å². The molecule has 22 heavy (non-hydrogen) atoms. The van der Waals surface area contributed by atoms with E-state index in [1.165, 1.54) is 6.07 Å². The number of rotatable bonds is 4. The van der Waals surface area contributed by atoms with Gasteiger partial charge in [-0.1, -0.05) is 32.9 Å². The Balaban J connectivity index is 2.11. The molecular weight excluding hydrogens is 281 g/mol. The number of hydrogen-bond acceptors (Lipinski definition) is 2. The fraction of sp³-hybridized carbons (Fsp3) is 0.611. The van der Waals surface area contributed by atoms with Crippen LogP contribution >= 0.6 is 0 Å².